The molecule has 0 aromatic heterocycles. The Morgan fingerprint density at radius 1 is 1.00 bits per heavy atom. The molecule has 0 bridgehead atoms. The van der Waals surface area contributed by atoms with Gasteiger partial charge in [-0.15, -0.1) is 0 Å². The van der Waals surface area contributed by atoms with Crippen LogP contribution in [0, 0.1) is 0 Å². The molecule has 6 heteroatoms. The van der Waals surface area contributed by atoms with Crippen LogP contribution in [0.1, 0.15) is 5.56 Å². The number of rotatable bonds is 1. The van der Waals surface area contributed by atoms with E-state index in [1.165, 1.54) is 0 Å². The van der Waals surface area contributed by atoms with Crippen molar-refractivity contribution in [3.63, 3.8) is 0 Å². The van der Waals surface area contributed by atoms with E-state index in [1.807, 2.05) is 0 Å². The van der Waals surface area contributed by atoms with Crippen LogP contribution in [-0.4, -0.2) is 6.18 Å². The molecule has 77 valence electrons. The van der Waals surface area contributed by atoms with Gasteiger partial charge in [-0.05, 0) is 12.1 Å². The van der Waals surface area contributed by atoms with Crippen molar-refractivity contribution < 1.29 is 27.1 Å². The quantitative estimate of drug-likeness (QED) is 0.633. The summed E-state index contributed by atoms with van der Waals surface area (Å²) in [6.07, 6.45) is -5.68. The molecule has 1 nitrogen and oxygen atoms in total. The lowest BCUT2D eigenvalue weighted by atomic mass is 10.1. The SMILES string of the molecule is [O]c1cccc(C(F)(F)C(F)(F)F)c1. The summed E-state index contributed by atoms with van der Waals surface area (Å²) in [4.78, 5) is 0. The average molecular weight is 211 g/mol. The van der Waals surface area contributed by atoms with Crippen molar-refractivity contribution in [3.05, 3.63) is 29.8 Å². The minimum atomic E-state index is -5.68. The zero-order valence-electron chi connectivity index (χ0n) is 6.61. The van der Waals surface area contributed by atoms with Crippen LogP contribution < -0.4 is 0 Å². The molecule has 1 radical (unpaired) electrons. The molecule has 0 aliphatic heterocycles. The van der Waals surface area contributed by atoms with E-state index in [9.17, 15) is 27.1 Å². The van der Waals surface area contributed by atoms with Crippen LogP contribution in [0.25, 0.3) is 0 Å². The van der Waals surface area contributed by atoms with Crippen LogP contribution in [0.5, 0.6) is 5.75 Å². The molecule has 0 atom stereocenters. The van der Waals surface area contributed by atoms with Crippen LogP contribution in [0.15, 0.2) is 24.3 Å². The molecule has 0 saturated heterocycles. The zero-order valence-corrected chi connectivity index (χ0v) is 6.61. The van der Waals surface area contributed by atoms with Gasteiger partial charge >= 0.3 is 12.1 Å². The maximum atomic E-state index is 12.6. The Morgan fingerprint density at radius 2 is 1.57 bits per heavy atom. The van der Waals surface area contributed by atoms with Gasteiger partial charge in [0.1, 0.15) is 0 Å². The van der Waals surface area contributed by atoms with Gasteiger partial charge in [0.05, 0.1) is 0 Å². The van der Waals surface area contributed by atoms with E-state index in [2.05, 4.69) is 0 Å². The first kappa shape index (κ1) is 10.7. The summed E-state index contributed by atoms with van der Waals surface area (Å²) in [6, 6.07) is 2.59. The monoisotopic (exact) mass is 211 g/mol. The number of benzene rings is 1. The third kappa shape index (κ3) is 1.78. The van der Waals surface area contributed by atoms with Crippen LogP contribution in [0.2, 0.25) is 0 Å². The van der Waals surface area contributed by atoms with Crippen LogP contribution in [0.4, 0.5) is 22.0 Å². The molecule has 1 aromatic rings. The molecule has 1 aromatic carbocycles. The predicted octanol–water partition coefficient (Wildman–Crippen LogP) is 3.48. The van der Waals surface area contributed by atoms with Gasteiger partial charge in [-0.1, -0.05) is 12.1 Å². The maximum Gasteiger partial charge on any atom is 0.458 e. The smallest absolute Gasteiger partial charge is 0.290 e. The zero-order chi connectivity index (χ0) is 11.0. The van der Waals surface area contributed by atoms with E-state index in [0.717, 1.165) is 12.1 Å². The van der Waals surface area contributed by atoms with Gasteiger partial charge in [-0.3, -0.25) is 5.11 Å². The number of halogens is 5. The Bertz CT molecular complexity index is 331. The summed E-state index contributed by atoms with van der Waals surface area (Å²) < 4.78 is 60.6. The van der Waals surface area contributed by atoms with Gasteiger partial charge in [0.15, 0.2) is 5.75 Å². The highest BCUT2D eigenvalue weighted by atomic mass is 19.4. The van der Waals surface area contributed by atoms with Gasteiger partial charge in [0.2, 0.25) is 0 Å². The topological polar surface area (TPSA) is 19.9 Å². The molecule has 0 fully saturated rings. The molecule has 0 N–H and O–H groups in total. The van der Waals surface area contributed by atoms with Crippen molar-refractivity contribution in [3.8, 4) is 5.75 Å². The molecule has 14 heavy (non-hydrogen) atoms. The molecular weight excluding hydrogens is 207 g/mol. The summed E-state index contributed by atoms with van der Waals surface area (Å²) in [5.74, 6) is -5.86. The Labute approximate surface area is 75.8 Å². The second kappa shape index (κ2) is 3.11. The third-order valence-corrected chi connectivity index (χ3v) is 1.55. The number of hydrogen-bond acceptors (Lipinski definition) is 0. The van der Waals surface area contributed by atoms with Gasteiger partial charge < -0.3 is 0 Å². The van der Waals surface area contributed by atoms with Crippen molar-refractivity contribution >= 4 is 0 Å². The summed E-state index contributed by atoms with van der Waals surface area (Å²) >= 11 is 0. The van der Waals surface area contributed by atoms with Crippen molar-refractivity contribution in [1.82, 2.24) is 0 Å². The summed E-state index contributed by atoms with van der Waals surface area (Å²) in [5, 5.41) is 10.6. The Morgan fingerprint density at radius 3 is 2.00 bits per heavy atom. The lowest BCUT2D eigenvalue weighted by Crippen LogP contribution is -2.33. The van der Waals surface area contributed by atoms with Crippen molar-refractivity contribution in [2.24, 2.45) is 0 Å². The van der Waals surface area contributed by atoms with Crippen LogP contribution >= 0.6 is 0 Å². The largest absolute Gasteiger partial charge is 0.458 e. The van der Waals surface area contributed by atoms with Gasteiger partial charge in [-0.2, -0.15) is 22.0 Å². The van der Waals surface area contributed by atoms with Crippen molar-refractivity contribution in [1.29, 1.82) is 0 Å². The first-order chi connectivity index (χ1) is 6.25. The second-order valence-electron chi connectivity index (χ2n) is 2.60. The van der Waals surface area contributed by atoms with E-state index in [4.69, 9.17) is 0 Å². The maximum absolute atomic E-state index is 12.6. The highest BCUT2D eigenvalue weighted by molar-refractivity contribution is 5.30. The molecule has 0 unspecified atom stereocenters. The Kier molecular flexibility index (Phi) is 2.39. The number of alkyl halides is 5. The molecule has 0 aliphatic rings. The van der Waals surface area contributed by atoms with Crippen molar-refractivity contribution in [2.75, 3.05) is 0 Å². The fourth-order valence-corrected chi connectivity index (χ4v) is 0.855. The Hall–Kier alpha value is -1.33. The minimum absolute atomic E-state index is 0.271. The fraction of sp³-hybridized carbons (Fsp3) is 0.250. The van der Waals surface area contributed by atoms with Crippen LogP contribution in [-0.2, 0) is 11.0 Å². The normalized spacial score (nSPS) is 12.9. The first-order valence-electron chi connectivity index (χ1n) is 3.47. The lowest BCUT2D eigenvalue weighted by molar-refractivity contribution is -0.289. The highest BCUT2D eigenvalue weighted by Gasteiger charge is 2.58. The van der Waals surface area contributed by atoms with Gasteiger partial charge in [0.25, 0.3) is 0 Å². The molecule has 0 saturated carbocycles. The second-order valence-corrected chi connectivity index (χ2v) is 2.60. The van der Waals surface area contributed by atoms with Gasteiger partial charge in [-0.25, -0.2) is 0 Å². The molecule has 0 spiro atoms. The van der Waals surface area contributed by atoms with Crippen molar-refractivity contribution in [2.45, 2.75) is 12.1 Å². The summed E-state index contributed by atoms with van der Waals surface area (Å²) in [5.41, 5.74) is -1.34. The average Bonchev–Trinajstić information content (AvgIpc) is 2.02. The summed E-state index contributed by atoms with van der Waals surface area (Å²) in [7, 11) is 0. The van der Waals surface area contributed by atoms with E-state index in [1.54, 1.807) is 0 Å². The molecule has 1 rings (SSSR count). The van der Waals surface area contributed by atoms with Gasteiger partial charge in [0, 0.05) is 5.56 Å². The minimum Gasteiger partial charge on any atom is -0.290 e. The van der Waals surface area contributed by atoms with Crippen LogP contribution in [0.3, 0.4) is 0 Å². The lowest BCUT2D eigenvalue weighted by Gasteiger charge is -2.19. The predicted molar refractivity (Wildman–Crippen MR) is 36.5 cm³/mol. The molecule has 0 aliphatic carbocycles. The third-order valence-electron chi connectivity index (χ3n) is 1.55. The fourth-order valence-electron chi connectivity index (χ4n) is 0.855. The van der Waals surface area contributed by atoms with E-state index < -0.39 is 23.4 Å². The summed E-state index contributed by atoms with van der Waals surface area (Å²) in [6.45, 7) is 0. The Balaban J connectivity index is 3.16. The van der Waals surface area contributed by atoms with E-state index >= 15 is 0 Å². The first-order valence-corrected chi connectivity index (χ1v) is 3.47. The van der Waals surface area contributed by atoms with E-state index in [-0.39, 0.29) is 6.07 Å². The molecular formula is C8H4F5O. The molecule has 0 heterocycles. The molecule has 0 amide bonds. The number of hydrogen-bond donors (Lipinski definition) is 0. The highest BCUT2D eigenvalue weighted by Crippen LogP contribution is 2.44. The van der Waals surface area contributed by atoms with E-state index in [0.29, 0.717) is 6.07 Å². The standard InChI is InChI=1S/C8H4F5O/c9-7(10,8(11,12)13)5-2-1-3-6(14)4-5/h1-4H.